The predicted octanol–water partition coefficient (Wildman–Crippen LogP) is 3.75. The largest absolute Gasteiger partial charge is 0.496 e. The Labute approximate surface area is 140 Å². The van der Waals surface area contributed by atoms with Crippen LogP contribution in [0.5, 0.6) is 5.75 Å². The van der Waals surface area contributed by atoms with Crippen LogP contribution in [0.3, 0.4) is 0 Å². The molecule has 2 aromatic rings. The van der Waals surface area contributed by atoms with Crippen molar-refractivity contribution in [3.05, 3.63) is 69.3 Å². The molecule has 6 heteroatoms. The SMILES string of the molecule is COc1ccccc1[C@@H](C)N(C)C(=O)c1cccc([N+](=O)[O-])c1C. The lowest BCUT2D eigenvalue weighted by atomic mass is 10.0. The van der Waals surface area contributed by atoms with Gasteiger partial charge in [-0.1, -0.05) is 24.3 Å². The number of methoxy groups -OCH3 is 1. The van der Waals surface area contributed by atoms with Crippen molar-refractivity contribution in [3.8, 4) is 5.75 Å². The van der Waals surface area contributed by atoms with Crippen molar-refractivity contribution in [2.24, 2.45) is 0 Å². The highest BCUT2D eigenvalue weighted by atomic mass is 16.6. The number of carbonyl (C=O) groups is 1. The first-order valence-electron chi connectivity index (χ1n) is 7.52. The third-order valence-corrected chi connectivity index (χ3v) is 4.22. The fourth-order valence-electron chi connectivity index (χ4n) is 2.64. The molecule has 0 aliphatic carbocycles. The Hall–Kier alpha value is -2.89. The normalized spacial score (nSPS) is 11.7. The van der Waals surface area contributed by atoms with Crippen molar-refractivity contribution in [1.82, 2.24) is 4.90 Å². The maximum atomic E-state index is 12.8. The van der Waals surface area contributed by atoms with Crippen molar-refractivity contribution < 1.29 is 14.5 Å². The monoisotopic (exact) mass is 328 g/mol. The number of amides is 1. The van der Waals surface area contributed by atoms with Gasteiger partial charge in [0.25, 0.3) is 11.6 Å². The average molecular weight is 328 g/mol. The van der Waals surface area contributed by atoms with E-state index in [0.29, 0.717) is 16.9 Å². The Morgan fingerprint density at radius 3 is 2.50 bits per heavy atom. The molecular formula is C18H20N2O4. The van der Waals surface area contributed by atoms with Crippen LogP contribution in [0.4, 0.5) is 5.69 Å². The number of carbonyl (C=O) groups excluding carboxylic acids is 1. The molecule has 0 unspecified atom stereocenters. The molecule has 0 radical (unpaired) electrons. The van der Waals surface area contributed by atoms with E-state index in [1.807, 2.05) is 31.2 Å². The molecular weight excluding hydrogens is 308 g/mol. The van der Waals surface area contributed by atoms with Crippen LogP contribution in [0.1, 0.15) is 34.5 Å². The van der Waals surface area contributed by atoms with Gasteiger partial charge in [0.05, 0.1) is 18.1 Å². The standard InChI is InChI=1S/C18H20N2O4/c1-12-14(9-7-10-16(12)20(22)23)18(21)19(3)13(2)15-8-5-6-11-17(15)24-4/h5-11,13H,1-4H3/t13-/m1/s1. The van der Waals surface area contributed by atoms with Crippen molar-refractivity contribution in [1.29, 1.82) is 0 Å². The van der Waals surface area contributed by atoms with Crippen LogP contribution < -0.4 is 4.74 Å². The highest BCUT2D eigenvalue weighted by Gasteiger charge is 2.25. The summed E-state index contributed by atoms with van der Waals surface area (Å²) in [4.78, 5) is 25.0. The van der Waals surface area contributed by atoms with Gasteiger partial charge in [0, 0.05) is 29.8 Å². The van der Waals surface area contributed by atoms with E-state index in [-0.39, 0.29) is 17.6 Å². The molecule has 0 fully saturated rings. The minimum atomic E-state index is -0.476. The molecule has 1 atom stereocenters. The first-order valence-corrected chi connectivity index (χ1v) is 7.52. The van der Waals surface area contributed by atoms with Gasteiger partial charge >= 0.3 is 0 Å². The number of rotatable bonds is 5. The van der Waals surface area contributed by atoms with E-state index in [4.69, 9.17) is 4.74 Å². The highest BCUT2D eigenvalue weighted by molar-refractivity contribution is 5.96. The molecule has 0 aliphatic heterocycles. The molecule has 0 bridgehead atoms. The van der Waals surface area contributed by atoms with Gasteiger partial charge in [-0.3, -0.25) is 14.9 Å². The lowest BCUT2D eigenvalue weighted by Crippen LogP contribution is -2.30. The van der Waals surface area contributed by atoms with E-state index in [1.54, 1.807) is 32.0 Å². The Balaban J connectivity index is 2.36. The van der Waals surface area contributed by atoms with Gasteiger partial charge in [-0.15, -0.1) is 0 Å². The summed E-state index contributed by atoms with van der Waals surface area (Å²) in [6.45, 7) is 3.48. The number of nitrogens with zero attached hydrogens (tertiary/aromatic N) is 2. The zero-order valence-corrected chi connectivity index (χ0v) is 14.1. The second-order valence-electron chi connectivity index (χ2n) is 5.54. The van der Waals surface area contributed by atoms with Crippen LogP contribution in [0.25, 0.3) is 0 Å². The van der Waals surface area contributed by atoms with E-state index >= 15 is 0 Å². The molecule has 24 heavy (non-hydrogen) atoms. The zero-order chi connectivity index (χ0) is 17.9. The lowest BCUT2D eigenvalue weighted by Gasteiger charge is -2.27. The van der Waals surface area contributed by atoms with E-state index < -0.39 is 4.92 Å². The van der Waals surface area contributed by atoms with Gasteiger partial charge in [0.15, 0.2) is 0 Å². The topological polar surface area (TPSA) is 72.7 Å². The Kier molecular flexibility index (Phi) is 5.18. The summed E-state index contributed by atoms with van der Waals surface area (Å²) in [7, 11) is 3.26. The van der Waals surface area contributed by atoms with Gasteiger partial charge < -0.3 is 9.64 Å². The number of hydrogen-bond acceptors (Lipinski definition) is 4. The Morgan fingerprint density at radius 2 is 1.88 bits per heavy atom. The summed E-state index contributed by atoms with van der Waals surface area (Å²) in [6.07, 6.45) is 0. The van der Waals surface area contributed by atoms with Crippen LogP contribution in [0.2, 0.25) is 0 Å². The molecule has 1 amide bonds. The number of nitro benzene ring substituents is 1. The van der Waals surface area contributed by atoms with Crippen LogP contribution in [0.15, 0.2) is 42.5 Å². The molecule has 2 aromatic carbocycles. The fourth-order valence-corrected chi connectivity index (χ4v) is 2.64. The maximum absolute atomic E-state index is 12.8. The lowest BCUT2D eigenvalue weighted by molar-refractivity contribution is -0.385. The summed E-state index contributed by atoms with van der Waals surface area (Å²) < 4.78 is 5.35. The second-order valence-corrected chi connectivity index (χ2v) is 5.54. The molecule has 0 heterocycles. The van der Waals surface area contributed by atoms with Gasteiger partial charge in [-0.05, 0) is 26.0 Å². The number of benzene rings is 2. The van der Waals surface area contributed by atoms with Gasteiger partial charge in [-0.25, -0.2) is 0 Å². The maximum Gasteiger partial charge on any atom is 0.273 e. The summed E-state index contributed by atoms with van der Waals surface area (Å²) in [5.41, 5.74) is 1.51. The third kappa shape index (κ3) is 3.22. The molecule has 0 aliphatic rings. The van der Waals surface area contributed by atoms with Crippen LogP contribution >= 0.6 is 0 Å². The van der Waals surface area contributed by atoms with Crippen molar-refractivity contribution in [2.75, 3.05) is 14.2 Å². The molecule has 0 saturated heterocycles. The first kappa shape index (κ1) is 17.5. The Morgan fingerprint density at radius 1 is 1.21 bits per heavy atom. The number of para-hydroxylation sites is 1. The molecule has 0 saturated carbocycles. The minimum absolute atomic E-state index is 0.0563. The quantitative estimate of drug-likeness (QED) is 0.619. The molecule has 2 rings (SSSR count). The molecule has 0 N–H and O–H groups in total. The summed E-state index contributed by atoms with van der Waals surface area (Å²) in [5, 5.41) is 11.1. The van der Waals surface area contributed by atoms with Crippen LogP contribution in [0, 0.1) is 17.0 Å². The summed E-state index contributed by atoms with van der Waals surface area (Å²) in [6, 6.07) is 11.8. The van der Waals surface area contributed by atoms with Gasteiger partial charge in [0.1, 0.15) is 5.75 Å². The zero-order valence-electron chi connectivity index (χ0n) is 14.1. The van der Waals surface area contributed by atoms with Crippen molar-refractivity contribution in [2.45, 2.75) is 19.9 Å². The summed E-state index contributed by atoms with van der Waals surface area (Å²) >= 11 is 0. The van der Waals surface area contributed by atoms with Gasteiger partial charge in [-0.2, -0.15) is 0 Å². The fraction of sp³-hybridized carbons (Fsp3) is 0.278. The smallest absolute Gasteiger partial charge is 0.273 e. The highest BCUT2D eigenvalue weighted by Crippen LogP contribution is 2.30. The van der Waals surface area contributed by atoms with Gasteiger partial charge in [0.2, 0.25) is 0 Å². The number of hydrogen-bond donors (Lipinski definition) is 0. The average Bonchev–Trinajstić information content (AvgIpc) is 2.59. The number of ether oxygens (including phenoxy) is 1. The summed E-state index contributed by atoms with van der Waals surface area (Å²) in [5.74, 6) is 0.426. The molecule has 0 aromatic heterocycles. The van der Waals surface area contributed by atoms with E-state index in [9.17, 15) is 14.9 Å². The first-order chi connectivity index (χ1) is 11.4. The Bertz CT molecular complexity index is 773. The van der Waals surface area contributed by atoms with Crippen LogP contribution in [-0.2, 0) is 0 Å². The van der Waals surface area contributed by atoms with Crippen LogP contribution in [-0.4, -0.2) is 29.9 Å². The second kappa shape index (κ2) is 7.12. The van der Waals surface area contributed by atoms with E-state index in [0.717, 1.165) is 5.56 Å². The molecule has 0 spiro atoms. The van der Waals surface area contributed by atoms with E-state index in [1.165, 1.54) is 12.1 Å². The predicted molar refractivity (Wildman–Crippen MR) is 91.3 cm³/mol. The van der Waals surface area contributed by atoms with Crippen molar-refractivity contribution in [3.63, 3.8) is 0 Å². The number of nitro groups is 1. The van der Waals surface area contributed by atoms with Crippen molar-refractivity contribution >= 4 is 11.6 Å². The minimum Gasteiger partial charge on any atom is -0.496 e. The third-order valence-electron chi connectivity index (χ3n) is 4.22. The molecule has 6 nitrogen and oxygen atoms in total. The van der Waals surface area contributed by atoms with E-state index in [2.05, 4.69) is 0 Å². The molecule has 126 valence electrons.